The molecule has 0 amide bonds. The normalized spacial score (nSPS) is 13.6. The van der Waals surface area contributed by atoms with Gasteiger partial charge in [0, 0.05) is 30.5 Å². The van der Waals surface area contributed by atoms with Crippen LogP contribution < -0.4 is 4.74 Å². The summed E-state index contributed by atoms with van der Waals surface area (Å²) in [7, 11) is 1.70. The van der Waals surface area contributed by atoms with Crippen LogP contribution in [-0.2, 0) is 18.4 Å². The zero-order valence-electron chi connectivity index (χ0n) is 19.4. The summed E-state index contributed by atoms with van der Waals surface area (Å²) in [6, 6.07) is 29.1. The topological polar surface area (TPSA) is 49.4 Å². The molecule has 4 aromatic rings. The Bertz CT molecular complexity index is 1240. The average molecular weight is 473 g/mol. The number of methoxy groups -OCH3 is 1. The Balaban J connectivity index is 0.00000274. The van der Waals surface area contributed by atoms with Crippen LogP contribution >= 0.6 is 12.4 Å². The maximum Gasteiger partial charge on any atom is 0.134 e. The van der Waals surface area contributed by atoms with Crippen molar-refractivity contribution in [3.05, 3.63) is 101 Å². The monoisotopic (exact) mass is 472 g/mol. The molecule has 0 atom stereocenters. The molecule has 1 aliphatic rings. The van der Waals surface area contributed by atoms with E-state index in [1.165, 1.54) is 5.56 Å². The van der Waals surface area contributed by atoms with Crippen molar-refractivity contribution in [1.29, 1.82) is 5.26 Å². The number of halogens is 1. The zero-order valence-corrected chi connectivity index (χ0v) is 20.2. The SMILES string of the molecule is COc1ccc2oc3c(c2c1)CN(CCCC(C#N)(c1ccccc1)c1ccccc1)CC3.Cl. The van der Waals surface area contributed by atoms with E-state index in [0.29, 0.717) is 0 Å². The largest absolute Gasteiger partial charge is 0.497 e. The van der Waals surface area contributed by atoms with Gasteiger partial charge in [0.25, 0.3) is 0 Å². The Hall–Kier alpha value is -3.26. The molecule has 4 nitrogen and oxygen atoms in total. The summed E-state index contributed by atoms with van der Waals surface area (Å²) in [6.07, 6.45) is 2.62. The number of nitrogens with zero attached hydrogens (tertiary/aromatic N) is 2. The number of hydrogen-bond donors (Lipinski definition) is 0. The van der Waals surface area contributed by atoms with Crippen LogP contribution in [0.4, 0.5) is 0 Å². The third-order valence-corrected chi connectivity index (χ3v) is 6.87. The first-order valence-electron chi connectivity index (χ1n) is 11.6. The molecule has 2 heterocycles. The standard InChI is InChI=1S/C29H28N2O2.ClH/c1-32-24-13-14-27-25(19-24)26-20-31(18-15-28(26)33-27)17-8-16-29(21-30,22-9-4-2-5-10-22)23-11-6-3-7-12-23;/h2-7,9-14,19H,8,15-18,20H2,1H3;1H. The van der Waals surface area contributed by atoms with Crippen LogP contribution in [0.15, 0.2) is 83.3 Å². The second kappa shape index (κ2) is 10.3. The van der Waals surface area contributed by atoms with Gasteiger partial charge >= 0.3 is 0 Å². The van der Waals surface area contributed by atoms with E-state index in [2.05, 4.69) is 41.3 Å². The molecule has 1 aromatic heterocycles. The van der Waals surface area contributed by atoms with E-state index in [1.807, 2.05) is 48.5 Å². The first-order valence-corrected chi connectivity index (χ1v) is 11.6. The molecule has 1 aliphatic heterocycles. The summed E-state index contributed by atoms with van der Waals surface area (Å²) in [5, 5.41) is 11.5. The van der Waals surface area contributed by atoms with E-state index in [1.54, 1.807) is 7.11 Å². The quantitative estimate of drug-likeness (QED) is 0.307. The summed E-state index contributed by atoms with van der Waals surface area (Å²) in [6.45, 7) is 2.78. The third kappa shape index (κ3) is 4.42. The van der Waals surface area contributed by atoms with Crippen molar-refractivity contribution in [3.63, 3.8) is 0 Å². The molecule has 0 unspecified atom stereocenters. The van der Waals surface area contributed by atoms with Gasteiger partial charge < -0.3 is 9.15 Å². The van der Waals surface area contributed by atoms with Gasteiger partial charge in [0.2, 0.25) is 0 Å². The maximum atomic E-state index is 10.4. The summed E-state index contributed by atoms with van der Waals surface area (Å²) in [5.41, 5.74) is 3.69. The molecule has 0 saturated carbocycles. The van der Waals surface area contributed by atoms with Gasteiger partial charge in [0.1, 0.15) is 22.5 Å². The van der Waals surface area contributed by atoms with Gasteiger partial charge in [-0.05, 0) is 48.7 Å². The van der Waals surface area contributed by atoms with Crippen LogP contribution in [-0.4, -0.2) is 25.1 Å². The Morgan fingerprint density at radius 2 is 1.68 bits per heavy atom. The molecular weight excluding hydrogens is 444 g/mol. The predicted molar refractivity (Wildman–Crippen MR) is 138 cm³/mol. The van der Waals surface area contributed by atoms with Gasteiger partial charge in [0.15, 0.2) is 0 Å². The van der Waals surface area contributed by atoms with E-state index >= 15 is 0 Å². The lowest BCUT2D eigenvalue weighted by atomic mass is 9.72. The van der Waals surface area contributed by atoms with Crippen LogP contribution in [0.2, 0.25) is 0 Å². The number of nitriles is 1. The van der Waals surface area contributed by atoms with Crippen LogP contribution in [0, 0.1) is 11.3 Å². The summed E-state index contributed by atoms with van der Waals surface area (Å²) >= 11 is 0. The molecule has 34 heavy (non-hydrogen) atoms. The van der Waals surface area contributed by atoms with E-state index < -0.39 is 5.41 Å². The molecule has 0 spiro atoms. The zero-order chi connectivity index (χ0) is 22.7. The van der Waals surface area contributed by atoms with Crippen LogP contribution in [0.1, 0.15) is 35.3 Å². The van der Waals surface area contributed by atoms with E-state index in [0.717, 1.165) is 72.5 Å². The van der Waals surface area contributed by atoms with E-state index in [4.69, 9.17) is 9.15 Å². The fourth-order valence-electron chi connectivity index (χ4n) is 5.09. The molecule has 0 radical (unpaired) electrons. The van der Waals surface area contributed by atoms with Crippen LogP contribution in [0.5, 0.6) is 5.75 Å². The third-order valence-electron chi connectivity index (χ3n) is 6.87. The minimum atomic E-state index is -0.640. The number of hydrogen-bond acceptors (Lipinski definition) is 4. The molecule has 174 valence electrons. The first-order chi connectivity index (χ1) is 16.2. The number of rotatable bonds is 7. The minimum absolute atomic E-state index is 0. The highest BCUT2D eigenvalue weighted by molar-refractivity contribution is 5.85. The smallest absolute Gasteiger partial charge is 0.134 e. The van der Waals surface area contributed by atoms with Gasteiger partial charge in [0.05, 0.1) is 13.2 Å². The first kappa shape index (κ1) is 23.9. The Labute approximate surface area is 207 Å². The van der Waals surface area contributed by atoms with Crippen molar-refractivity contribution in [2.24, 2.45) is 0 Å². The molecular formula is C29H29ClN2O2. The van der Waals surface area contributed by atoms with Gasteiger partial charge in [-0.2, -0.15) is 5.26 Å². The molecule has 0 saturated heterocycles. The highest BCUT2D eigenvalue weighted by atomic mass is 35.5. The van der Waals surface area contributed by atoms with Crippen molar-refractivity contribution in [2.75, 3.05) is 20.2 Å². The number of furan rings is 1. The molecule has 0 fully saturated rings. The lowest BCUT2D eigenvalue weighted by Gasteiger charge is -2.30. The van der Waals surface area contributed by atoms with Crippen molar-refractivity contribution in [3.8, 4) is 11.8 Å². The van der Waals surface area contributed by atoms with E-state index in [-0.39, 0.29) is 12.4 Å². The number of ether oxygens (including phenoxy) is 1. The van der Waals surface area contributed by atoms with Gasteiger partial charge in [-0.15, -0.1) is 12.4 Å². The number of fused-ring (bicyclic) bond motifs is 3. The van der Waals surface area contributed by atoms with Crippen molar-refractivity contribution in [2.45, 2.75) is 31.2 Å². The predicted octanol–water partition coefficient (Wildman–Crippen LogP) is 6.51. The number of benzene rings is 3. The second-order valence-corrected chi connectivity index (χ2v) is 8.74. The van der Waals surface area contributed by atoms with Gasteiger partial charge in [-0.3, -0.25) is 4.90 Å². The highest BCUT2D eigenvalue weighted by Gasteiger charge is 2.34. The second-order valence-electron chi connectivity index (χ2n) is 8.74. The minimum Gasteiger partial charge on any atom is -0.497 e. The summed E-state index contributed by atoms with van der Waals surface area (Å²) in [4.78, 5) is 2.48. The van der Waals surface area contributed by atoms with Crippen LogP contribution in [0.25, 0.3) is 11.0 Å². The van der Waals surface area contributed by atoms with Gasteiger partial charge in [-0.1, -0.05) is 60.7 Å². The molecule has 0 bridgehead atoms. The lowest BCUT2D eigenvalue weighted by molar-refractivity contribution is 0.235. The lowest BCUT2D eigenvalue weighted by Crippen LogP contribution is -2.33. The molecule has 3 aromatic carbocycles. The molecule has 0 aliphatic carbocycles. The van der Waals surface area contributed by atoms with Crippen molar-refractivity contribution in [1.82, 2.24) is 4.90 Å². The molecule has 5 heteroatoms. The van der Waals surface area contributed by atoms with Gasteiger partial charge in [-0.25, -0.2) is 0 Å². The Kier molecular flexibility index (Phi) is 7.26. The maximum absolute atomic E-state index is 10.4. The Morgan fingerprint density at radius 1 is 1.00 bits per heavy atom. The average Bonchev–Trinajstić information content (AvgIpc) is 3.25. The summed E-state index contributed by atoms with van der Waals surface area (Å²) in [5.74, 6) is 1.95. The fraction of sp³-hybridized carbons (Fsp3) is 0.276. The van der Waals surface area contributed by atoms with Crippen molar-refractivity contribution >= 4 is 23.4 Å². The van der Waals surface area contributed by atoms with E-state index in [9.17, 15) is 5.26 Å². The fourth-order valence-corrected chi connectivity index (χ4v) is 5.09. The summed E-state index contributed by atoms with van der Waals surface area (Å²) < 4.78 is 11.5. The Morgan fingerprint density at radius 3 is 2.29 bits per heavy atom. The van der Waals surface area contributed by atoms with Crippen molar-refractivity contribution < 1.29 is 9.15 Å². The molecule has 5 rings (SSSR count). The highest BCUT2D eigenvalue weighted by Crippen LogP contribution is 2.37. The molecule has 0 N–H and O–H groups in total. The van der Waals surface area contributed by atoms with Crippen LogP contribution in [0.3, 0.4) is 0 Å².